The van der Waals surface area contributed by atoms with Crippen LogP contribution < -0.4 is 11.1 Å². The normalized spacial score (nSPS) is 27.1. The number of nitrogens with zero attached hydrogens (tertiary/aromatic N) is 1. The number of aryl methyl sites for hydroxylation is 1. The molecule has 1 fully saturated rings. The fourth-order valence-corrected chi connectivity index (χ4v) is 2.90. The van der Waals surface area contributed by atoms with Crippen molar-refractivity contribution >= 4 is 23.2 Å². The van der Waals surface area contributed by atoms with E-state index < -0.39 is 5.54 Å². The van der Waals surface area contributed by atoms with Crippen LogP contribution in [0.5, 0.6) is 0 Å². The number of anilines is 1. The lowest BCUT2D eigenvalue weighted by atomic mass is 9.76. The Morgan fingerprint density at radius 3 is 2.95 bits per heavy atom. The number of hydrogen-bond acceptors (Lipinski definition) is 3. The molecule has 0 spiro atoms. The smallest absolute Gasteiger partial charge is 0.244 e. The Balaban J connectivity index is 2.12. The van der Waals surface area contributed by atoms with Gasteiger partial charge in [-0.15, -0.1) is 0 Å². The third kappa shape index (κ3) is 3.25. The molecular weight excluding hydrogens is 262 g/mol. The van der Waals surface area contributed by atoms with Crippen LogP contribution in [0.25, 0.3) is 0 Å². The largest absolute Gasteiger partial charge is 0.323 e. The van der Waals surface area contributed by atoms with E-state index >= 15 is 0 Å². The van der Waals surface area contributed by atoms with Crippen LogP contribution in [0, 0.1) is 12.8 Å². The number of pyridine rings is 1. The van der Waals surface area contributed by atoms with Gasteiger partial charge >= 0.3 is 0 Å². The standard InChI is InChI=1S/C14H20ClN3O/c1-9-4-3-7-14(16,8-9)13(19)18-11-5-6-12(15)17-10(11)2/h5-6,9H,3-4,7-8,16H2,1-2H3,(H,18,19). The minimum absolute atomic E-state index is 0.119. The van der Waals surface area contributed by atoms with Crippen LogP contribution in [0.4, 0.5) is 5.69 Å². The SMILES string of the molecule is Cc1nc(Cl)ccc1NC(=O)C1(N)CCCC(C)C1. The predicted molar refractivity (Wildman–Crippen MR) is 77.2 cm³/mol. The minimum atomic E-state index is -0.760. The summed E-state index contributed by atoms with van der Waals surface area (Å²) in [5.41, 5.74) is 6.88. The number of nitrogens with one attached hydrogen (secondary N) is 1. The maximum absolute atomic E-state index is 12.4. The second-order valence-corrected chi connectivity index (χ2v) is 5.97. The summed E-state index contributed by atoms with van der Waals surface area (Å²) in [6.45, 7) is 3.96. The zero-order valence-corrected chi connectivity index (χ0v) is 12.1. The molecule has 2 atom stereocenters. The van der Waals surface area contributed by atoms with Gasteiger partial charge in [-0.25, -0.2) is 4.98 Å². The maximum atomic E-state index is 12.4. The van der Waals surface area contributed by atoms with Crippen LogP contribution in [0.15, 0.2) is 12.1 Å². The number of carbonyl (C=O) groups is 1. The molecule has 0 radical (unpaired) electrons. The van der Waals surface area contributed by atoms with Crippen LogP contribution in [-0.4, -0.2) is 16.4 Å². The molecule has 1 aliphatic carbocycles. The molecule has 3 N–H and O–H groups in total. The van der Waals surface area contributed by atoms with E-state index in [9.17, 15) is 4.79 Å². The molecule has 19 heavy (non-hydrogen) atoms. The first-order valence-corrected chi connectivity index (χ1v) is 7.02. The number of carbonyl (C=O) groups excluding carboxylic acids is 1. The zero-order chi connectivity index (χ0) is 14.0. The Morgan fingerprint density at radius 2 is 2.32 bits per heavy atom. The summed E-state index contributed by atoms with van der Waals surface area (Å²) in [4.78, 5) is 16.5. The minimum Gasteiger partial charge on any atom is -0.323 e. The van der Waals surface area contributed by atoms with Gasteiger partial charge < -0.3 is 11.1 Å². The summed E-state index contributed by atoms with van der Waals surface area (Å²) in [6.07, 6.45) is 3.62. The zero-order valence-electron chi connectivity index (χ0n) is 11.4. The van der Waals surface area contributed by atoms with Crippen molar-refractivity contribution in [2.75, 3.05) is 5.32 Å². The van der Waals surface area contributed by atoms with Gasteiger partial charge in [0, 0.05) is 0 Å². The number of aromatic nitrogens is 1. The molecule has 5 heteroatoms. The average Bonchev–Trinajstić information content (AvgIpc) is 2.32. The molecule has 2 unspecified atom stereocenters. The van der Waals surface area contributed by atoms with Gasteiger partial charge in [-0.2, -0.15) is 0 Å². The lowest BCUT2D eigenvalue weighted by molar-refractivity contribution is -0.122. The van der Waals surface area contributed by atoms with Crippen molar-refractivity contribution in [3.05, 3.63) is 23.0 Å². The van der Waals surface area contributed by atoms with E-state index in [1.54, 1.807) is 12.1 Å². The van der Waals surface area contributed by atoms with Gasteiger partial charge in [-0.1, -0.05) is 31.4 Å². The van der Waals surface area contributed by atoms with Crippen molar-refractivity contribution in [1.29, 1.82) is 0 Å². The van der Waals surface area contributed by atoms with Gasteiger partial charge in [-0.3, -0.25) is 4.79 Å². The highest BCUT2D eigenvalue weighted by atomic mass is 35.5. The lowest BCUT2D eigenvalue weighted by Crippen LogP contribution is -2.53. The van der Waals surface area contributed by atoms with Crippen LogP contribution in [0.2, 0.25) is 5.15 Å². The highest BCUT2D eigenvalue weighted by molar-refractivity contribution is 6.29. The quantitative estimate of drug-likeness (QED) is 0.819. The van der Waals surface area contributed by atoms with Crippen molar-refractivity contribution in [3.8, 4) is 0 Å². The Bertz CT molecular complexity index is 492. The van der Waals surface area contributed by atoms with E-state index in [0.29, 0.717) is 22.5 Å². The van der Waals surface area contributed by atoms with Crippen molar-refractivity contribution in [2.45, 2.75) is 45.1 Å². The fraction of sp³-hybridized carbons (Fsp3) is 0.571. The number of rotatable bonds is 2. The van der Waals surface area contributed by atoms with Crippen molar-refractivity contribution in [3.63, 3.8) is 0 Å². The van der Waals surface area contributed by atoms with E-state index in [0.717, 1.165) is 25.7 Å². The molecule has 1 heterocycles. The maximum Gasteiger partial charge on any atom is 0.244 e. The molecule has 4 nitrogen and oxygen atoms in total. The fourth-order valence-electron chi connectivity index (χ4n) is 2.71. The lowest BCUT2D eigenvalue weighted by Gasteiger charge is -2.35. The van der Waals surface area contributed by atoms with Crippen molar-refractivity contribution < 1.29 is 4.79 Å². The number of nitrogens with two attached hydrogens (primary N) is 1. The third-order valence-corrected chi connectivity index (χ3v) is 4.00. The Morgan fingerprint density at radius 1 is 1.58 bits per heavy atom. The van der Waals surface area contributed by atoms with E-state index in [1.165, 1.54) is 0 Å². The number of hydrogen-bond donors (Lipinski definition) is 2. The summed E-state index contributed by atoms with van der Waals surface area (Å²) in [5, 5.41) is 3.30. The second-order valence-electron chi connectivity index (χ2n) is 5.58. The van der Waals surface area contributed by atoms with Gasteiger partial charge in [-0.05, 0) is 37.8 Å². The van der Waals surface area contributed by atoms with Crippen molar-refractivity contribution in [2.24, 2.45) is 11.7 Å². The molecular formula is C14H20ClN3O. The molecule has 0 bridgehead atoms. The molecule has 0 aliphatic heterocycles. The highest BCUT2D eigenvalue weighted by Crippen LogP contribution is 2.31. The van der Waals surface area contributed by atoms with Crippen molar-refractivity contribution in [1.82, 2.24) is 4.98 Å². The van der Waals surface area contributed by atoms with Crippen LogP contribution in [0.3, 0.4) is 0 Å². The molecule has 0 aromatic carbocycles. The van der Waals surface area contributed by atoms with Crippen LogP contribution in [0.1, 0.15) is 38.3 Å². The summed E-state index contributed by atoms with van der Waals surface area (Å²) in [7, 11) is 0. The van der Waals surface area contributed by atoms with Gasteiger partial charge in [0.1, 0.15) is 5.15 Å². The predicted octanol–water partition coefficient (Wildman–Crippen LogP) is 2.89. The van der Waals surface area contributed by atoms with Gasteiger partial charge in [0.25, 0.3) is 0 Å². The first kappa shape index (κ1) is 14.3. The number of halogens is 1. The number of amides is 1. The first-order chi connectivity index (χ1) is 8.90. The molecule has 1 saturated carbocycles. The molecule has 2 rings (SSSR count). The Kier molecular flexibility index (Phi) is 4.11. The molecule has 1 aromatic rings. The van der Waals surface area contributed by atoms with Gasteiger partial charge in [0.15, 0.2) is 0 Å². The monoisotopic (exact) mass is 281 g/mol. The summed E-state index contributed by atoms with van der Waals surface area (Å²) in [6, 6.07) is 3.43. The summed E-state index contributed by atoms with van der Waals surface area (Å²) >= 11 is 5.80. The summed E-state index contributed by atoms with van der Waals surface area (Å²) < 4.78 is 0. The van der Waals surface area contributed by atoms with Crippen LogP contribution >= 0.6 is 11.6 Å². The molecule has 1 aromatic heterocycles. The topological polar surface area (TPSA) is 68.0 Å². The third-order valence-electron chi connectivity index (χ3n) is 3.78. The first-order valence-electron chi connectivity index (χ1n) is 6.64. The summed E-state index contributed by atoms with van der Waals surface area (Å²) in [5.74, 6) is 0.375. The van der Waals surface area contributed by atoms with Crippen LogP contribution in [-0.2, 0) is 4.79 Å². The average molecular weight is 282 g/mol. The molecule has 1 amide bonds. The van der Waals surface area contributed by atoms with E-state index in [2.05, 4.69) is 17.2 Å². The van der Waals surface area contributed by atoms with Gasteiger partial charge in [0.2, 0.25) is 5.91 Å². The second kappa shape index (κ2) is 5.47. The Labute approximate surface area is 118 Å². The van der Waals surface area contributed by atoms with Gasteiger partial charge in [0.05, 0.1) is 16.9 Å². The molecule has 1 aliphatic rings. The van der Waals surface area contributed by atoms with E-state index in [-0.39, 0.29) is 5.91 Å². The molecule has 0 saturated heterocycles. The van der Waals surface area contributed by atoms with E-state index in [4.69, 9.17) is 17.3 Å². The Hall–Kier alpha value is -1.13. The highest BCUT2D eigenvalue weighted by Gasteiger charge is 2.38. The van der Waals surface area contributed by atoms with E-state index in [1.807, 2.05) is 6.92 Å². The molecule has 104 valence electrons.